The van der Waals surface area contributed by atoms with E-state index >= 15 is 0 Å². The Morgan fingerprint density at radius 3 is 2.56 bits per heavy atom. The molecule has 1 aliphatic rings. The van der Waals surface area contributed by atoms with Crippen LogP contribution in [-0.4, -0.2) is 17.1 Å². The van der Waals surface area contributed by atoms with E-state index < -0.39 is 0 Å². The fraction of sp³-hybridized carbons (Fsp3) is 0.182. The molecule has 1 aromatic carbocycles. The zero-order chi connectivity index (χ0) is 11.5. The van der Waals surface area contributed by atoms with Crippen LogP contribution in [0.2, 0.25) is 0 Å². The molecule has 3 nitrogen and oxygen atoms in total. The second kappa shape index (κ2) is 4.54. The minimum absolute atomic E-state index is 0.151. The fourth-order valence-electron chi connectivity index (χ4n) is 1.62. The maximum Gasteiger partial charge on any atom is 0.255 e. The van der Waals surface area contributed by atoms with E-state index in [-0.39, 0.29) is 20.2 Å². The standard InChI is InChI=1S/C11H10FN2OP/c12-10-3-1-8(2-4-10)9-5-6-14(16-13)11(15)7-9/h1-4,7,13H,5-6H2. The topological polar surface area (TPSA) is 44.2 Å². The van der Waals surface area contributed by atoms with E-state index in [1.807, 2.05) is 0 Å². The molecule has 1 amide bonds. The zero-order valence-corrected chi connectivity index (χ0v) is 9.38. The van der Waals surface area contributed by atoms with Crippen LogP contribution in [0.25, 0.3) is 5.57 Å². The minimum atomic E-state index is -0.280. The quantitative estimate of drug-likeness (QED) is 0.788. The molecule has 0 fully saturated rings. The maximum atomic E-state index is 12.7. The van der Waals surface area contributed by atoms with E-state index in [0.29, 0.717) is 13.0 Å². The first-order valence-corrected chi connectivity index (χ1v) is 5.71. The van der Waals surface area contributed by atoms with Crippen molar-refractivity contribution in [2.45, 2.75) is 6.42 Å². The van der Waals surface area contributed by atoms with Gasteiger partial charge in [-0.3, -0.25) is 14.6 Å². The van der Waals surface area contributed by atoms with Gasteiger partial charge in [-0.15, -0.1) is 0 Å². The molecule has 0 aromatic heterocycles. The van der Waals surface area contributed by atoms with Crippen molar-refractivity contribution in [3.63, 3.8) is 0 Å². The molecule has 0 unspecified atom stereocenters. The molecule has 2 rings (SSSR count). The Balaban J connectivity index is 2.26. The van der Waals surface area contributed by atoms with Crippen LogP contribution in [0.4, 0.5) is 4.39 Å². The third-order valence-corrected chi connectivity index (χ3v) is 3.12. The summed E-state index contributed by atoms with van der Waals surface area (Å²) in [5, 5.41) is 7.12. The lowest BCUT2D eigenvalue weighted by Crippen LogP contribution is -2.25. The first-order chi connectivity index (χ1) is 7.70. The highest BCUT2D eigenvalue weighted by molar-refractivity contribution is 7.23. The minimum Gasteiger partial charge on any atom is -0.276 e. The first-order valence-electron chi connectivity index (χ1n) is 4.86. The number of hydrogen-bond donors (Lipinski definition) is 1. The summed E-state index contributed by atoms with van der Waals surface area (Å²) in [5.41, 5.74) is 1.78. The van der Waals surface area contributed by atoms with Crippen molar-refractivity contribution in [3.05, 3.63) is 41.7 Å². The van der Waals surface area contributed by atoms with Gasteiger partial charge in [0.2, 0.25) is 0 Å². The summed E-state index contributed by atoms with van der Waals surface area (Å²) in [7, 11) is 0.222. The van der Waals surface area contributed by atoms with Crippen molar-refractivity contribution in [2.75, 3.05) is 6.54 Å². The molecule has 82 valence electrons. The third kappa shape index (κ3) is 2.17. The predicted molar refractivity (Wildman–Crippen MR) is 60.3 cm³/mol. The van der Waals surface area contributed by atoms with Crippen LogP contribution >= 0.6 is 8.52 Å². The molecule has 0 bridgehead atoms. The van der Waals surface area contributed by atoms with Gasteiger partial charge in [0.05, 0.1) is 0 Å². The lowest BCUT2D eigenvalue weighted by molar-refractivity contribution is -0.121. The van der Waals surface area contributed by atoms with Crippen LogP contribution < -0.4 is 0 Å². The molecule has 0 spiro atoms. The van der Waals surface area contributed by atoms with Gasteiger partial charge < -0.3 is 0 Å². The van der Waals surface area contributed by atoms with Crippen molar-refractivity contribution < 1.29 is 9.18 Å². The smallest absolute Gasteiger partial charge is 0.255 e. The second-order valence-corrected chi connectivity index (χ2v) is 4.17. The lowest BCUT2D eigenvalue weighted by atomic mass is 10.0. The number of hydrogen-bond acceptors (Lipinski definition) is 2. The number of carbonyl (C=O) groups is 1. The summed E-state index contributed by atoms with van der Waals surface area (Å²) in [6.07, 6.45) is 2.24. The highest BCUT2D eigenvalue weighted by Crippen LogP contribution is 2.25. The number of amides is 1. The van der Waals surface area contributed by atoms with Gasteiger partial charge in [-0.1, -0.05) is 12.1 Å². The van der Waals surface area contributed by atoms with Crippen LogP contribution in [0.3, 0.4) is 0 Å². The average Bonchev–Trinajstić information content (AvgIpc) is 2.30. The van der Waals surface area contributed by atoms with Gasteiger partial charge in [-0.05, 0) is 29.7 Å². The molecule has 16 heavy (non-hydrogen) atoms. The number of benzene rings is 1. The molecular weight excluding hydrogens is 226 g/mol. The summed E-state index contributed by atoms with van der Waals surface area (Å²) >= 11 is 0. The molecule has 0 saturated carbocycles. The van der Waals surface area contributed by atoms with Gasteiger partial charge in [-0.25, -0.2) is 4.39 Å². The third-order valence-electron chi connectivity index (χ3n) is 2.48. The summed E-state index contributed by atoms with van der Waals surface area (Å²) in [6.45, 7) is 0.549. The van der Waals surface area contributed by atoms with Crippen molar-refractivity contribution >= 4 is 20.0 Å². The number of carbonyl (C=O) groups excluding carboxylic acids is 1. The van der Waals surface area contributed by atoms with Crippen molar-refractivity contribution in [3.8, 4) is 0 Å². The van der Waals surface area contributed by atoms with Gasteiger partial charge in [0, 0.05) is 12.6 Å². The molecule has 5 heteroatoms. The molecule has 1 aromatic rings. The Morgan fingerprint density at radius 2 is 2.00 bits per heavy atom. The van der Waals surface area contributed by atoms with Crippen LogP contribution in [0.15, 0.2) is 30.3 Å². The maximum absolute atomic E-state index is 12.7. The van der Waals surface area contributed by atoms with E-state index in [2.05, 4.69) is 0 Å². The number of rotatable bonds is 2. The average molecular weight is 236 g/mol. The second-order valence-electron chi connectivity index (χ2n) is 3.49. The molecule has 0 atom stereocenters. The van der Waals surface area contributed by atoms with Crippen LogP contribution in [0.1, 0.15) is 12.0 Å². The number of halogens is 1. The van der Waals surface area contributed by atoms with E-state index in [1.54, 1.807) is 12.1 Å². The highest BCUT2D eigenvalue weighted by atomic mass is 31.1. The Bertz CT molecular complexity index is 456. The Hall–Kier alpha value is -1.54. The van der Waals surface area contributed by atoms with Gasteiger partial charge in [-0.2, -0.15) is 0 Å². The fourth-order valence-corrected chi connectivity index (χ4v) is 1.98. The number of nitrogens with one attached hydrogen (secondary N) is 1. The van der Waals surface area contributed by atoms with Crippen LogP contribution in [-0.2, 0) is 4.79 Å². The van der Waals surface area contributed by atoms with Crippen molar-refractivity contribution in [2.24, 2.45) is 0 Å². The molecule has 0 radical (unpaired) electrons. The normalized spacial score (nSPS) is 16.4. The van der Waals surface area contributed by atoms with Gasteiger partial charge in [0.25, 0.3) is 5.91 Å². The molecular formula is C11H10FN2OP. The Kier molecular flexibility index (Phi) is 3.11. The summed E-state index contributed by atoms with van der Waals surface area (Å²) in [4.78, 5) is 11.5. The number of nitrogens with zero attached hydrogens (tertiary/aromatic N) is 1. The van der Waals surface area contributed by atoms with Crippen molar-refractivity contribution in [1.29, 1.82) is 5.16 Å². The van der Waals surface area contributed by atoms with Gasteiger partial charge >= 0.3 is 0 Å². The van der Waals surface area contributed by atoms with E-state index in [1.165, 1.54) is 22.9 Å². The predicted octanol–water partition coefficient (Wildman–Crippen LogP) is 3.06. The lowest BCUT2D eigenvalue weighted by Gasteiger charge is -2.20. The van der Waals surface area contributed by atoms with Gasteiger partial charge in [0.1, 0.15) is 14.3 Å². The van der Waals surface area contributed by atoms with E-state index in [4.69, 9.17) is 5.16 Å². The Labute approximate surface area is 94.3 Å². The Morgan fingerprint density at radius 1 is 1.31 bits per heavy atom. The highest BCUT2D eigenvalue weighted by Gasteiger charge is 2.17. The van der Waals surface area contributed by atoms with Crippen molar-refractivity contribution in [1.82, 2.24) is 4.67 Å². The van der Waals surface area contributed by atoms with Crippen LogP contribution in [0, 0.1) is 11.0 Å². The molecule has 1 aliphatic heterocycles. The molecule has 0 saturated heterocycles. The van der Waals surface area contributed by atoms with Gasteiger partial charge in [0.15, 0.2) is 0 Å². The summed E-state index contributed by atoms with van der Waals surface area (Å²) in [5.74, 6) is -0.431. The zero-order valence-electron chi connectivity index (χ0n) is 8.48. The SMILES string of the molecule is N=PN1CCC(c2ccc(F)cc2)=CC1=O. The van der Waals surface area contributed by atoms with Crippen LogP contribution in [0.5, 0.6) is 0 Å². The summed E-state index contributed by atoms with van der Waals surface area (Å²) < 4.78 is 14.2. The van der Waals surface area contributed by atoms with E-state index in [9.17, 15) is 9.18 Å². The van der Waals surface area contributed by atoms with E-state index in [0.717, 1.165) is 11.1 Å². The first kappa shape index (κ1) is 11.0. The molecule has 1 heterocycles. The summed E-state index contributed by atoms with van der Waals surface area (Å²) in [6, 6.07) is 6.11. The molecule has 0 aliphatic carbocycles. The monoisotopic (exact) mass is 236 g/mol. The molecule has 1 N–H and O–H groups in total. The largest absolute Gasteiger partial charge is 0.276 e.